The first-order valence-electron chi connectivity index (χ1n) is 8.11. The predicted octanol–water partition coefficient (Wildman–Crippen LogP) is 3.07. The monoisotopic (exact) mass is 343 g/mol. The van der Waals surface area contributed by atoms with Crippen LogP contribution in [0.4, 0.5) is 0 Å². The third-order valence-electron chi connectivity index (χ3n) is 5.02. The molecule has 0 aliphatic heterocycles. The smallest absolute Gasteiger partial charge is 0.263 e. The molecule has 2 fully saturated rings. The average Bonchev–Trinajstić information content (AvgIpc) is 2.81. The summed E-state index contributed by atoms with van der Waals surface area (Å²) in [7, 11) is 0. The first kappa shape index (κ1) is 17.7. The lowest BCUT2D eigenvalue weighted by Gasteiger charge is -2.45. The maximum atomic E-state index is 12.6. The molecule has 1 amide bonds. The summed E-state index contributed by atoms with van der Waals surface area (Å²) in [6.07, 6.45) is 6.71. The van der Waals surface area contributed by atoms with Gasteiger partial charge in [-0.3, -0.25) is 4.79 Å². The number of hydrogen-bond donors (Lipinski definition) is 2. The van der Waals surface area contributed by atoms with E-state index in [9.17, 15) is 4.79 Å². The molecule has 22 heavy (non-hydrogen) atoms. The number of halogens is 1. The van der Waals surface area contributed by atoms with Gasteiger partial charge in [0.05, 0.1) is 10.7 Å². The molecule has 2 unspecified atom stereocenters. The van der Waals surface area contributed by atoms with Crippen molar-refractivity contribution in [2.24, 2.45) is 17.6 Å². The van der Waals surface area contributed by atoms with Crippen LogP contribution in [0.25, 0.3) is 0 Å². The van der Waals surface area contributed by atoms with Crippen LogP contribution in [0.2, 0.25) is 0 Å². The van der Waals surface area contributed by atoms with Gasteiger partial charge in [0.25, 0.3) is 5.91 Å². The first-order valence-corrected chi connectivity index (χ1v) is 8.92. The molecule has 3 rings (SSSR count). The maximum Gasteiger partial charge on any atom is 0.263 e. The van der Waals surface area contributed by atoms with Gasteiger partial charge >= 0.3 is 0 Å². The van der Waals surface area contributed by atoms with Crippen LogP contribution in [0.3, 0.4) is 0 Å². The number of rotatable bonds is 3. The van der Waals surface area contributed by atoms with Gasteiger partial charge < -0.3 is 11.1 Å². The van der Waals surface area contributed by atoms with Crippen LogP contribution >= 0.6 is 23.7 Å². The van der Waals surface area contributed by atoms with Gasteiger partial charge in [0.2, 0.25) is 0 Å². The Morgan fingerprint density at radius 2 is 2.00 bits per heavy atom. The highest BCUT2D eigenvalue weighted by atomic mass is 35.5. The molecule has 2 atom stereocenters. The van der Waals surface area contributed by atoms with Gasteiger partial charge in [0.15, 0.2) is 0 Å². The minimum Gasteiger partial charge on any atom is -0.348 e. The highest BCUT2D eigenvalue weighted by Gasteiger charge is 2.40. The number of thiazole rings is 1. The van der Waals surface area contributed by atoms with Crippen LogP contribution in [-0.2, 0) is 6.42 Å². The van der Waals surface area contributed by atoms with E-state index in [2.05, 4.69) is 17.2 Å². The predicted molar refractivity (Wildman–Crippen MR) is 92.8 cm³/mol. The van der Waals surface area contributed by atoms with Crippen molar-refractivity contribution < 1.29 is 4.79 Å². The van der Waals surface area contributed by atoms with E-state index in [4.69, 9.17) is 5.73 Å². The molecule has 0 spiro atoms. The van der Waals surface area contributed by atoms with Gasteiger partial charge in [-0.15, -0.1) is 23.7 Å². The summed E-state index contributed by atoms with van der Waals surface area (Å²) in [6, 6.07) is 0.642. The molecule has 2 aliphatic carbocycles. The van der Waals surface area contributed by atoms with Crippen molar-refractivity contribution in [3.63, 3.8) is 0 Å². The number of aromatic nitrogens is 1. The van der Waals surface area contributed by atoms with E-state index < -0.39 is 0 Å². The second-order valence-corrected chi connectivity index (χ2v) is 7.64. The lowest BCUT2D eigenvalue weighted by molar-refractivity contribution is 0.0759. The van der Waals surface area contributed by atoms with Gasteiger partial charge in [0, 0.05) is 12.1 Å². The molecule has 2 saturated carbocycles. The fourth-order valence-electron chi connectivity index (χ4n) is 4.06. The van der Waals surface area contributed by atoms with Crippen molar-refractivity contribution in [1.82, 2.24) is 10.3 Å². The Bertz CT molecular complexity index is 519. The van der Waals surface area contributed by atoms with E-state index in [1.54, 1.807) is 0 Å². The van der Waals surface area contributed by atoms with Crippen molar-refractivity contribution >= 4 is 29.7 Å². The second kappa shape index (κ2) is 7.28. The largest absolute Gasteiger partial charge is 0.348 e. The molecule has 2 bridgehead atoms. The minimum atomic E-state index is 0. The minimum absolute atomic E-state index is 0. The highest BCUT2D eigenvalue weighted by Crippen LogP contribution is 2.39. The Labute approximate surface area is 142 Å². The summed E-state index contributed by atoms with van der Waals surface area (Å²) >= 11 is 1.54. The van der Waals surface area contributed by atoms with E-state index in [1.165, 1.54) is 30.6 Å². The number of aryl methyl sites for hydroxylation is 2. The van der Waals surface area contributed by atoms with E-state index in [0.717, 1.165) is 34.8 Å². The molecule has 0 saturated heterocycles. The third kappa shape index (κ3) is 3.47. The number of fused-ring (bicyclic) bond motifs is 2. The van der Waals surface area contributed by atoms with E-state index in [1.807, 2.05) is 6.92 Å². The molecule has 4 nitrogen and oxygen atoms in total. The third-order valence-corrected chi connectivity index (χ3v) is 6.32. The fraction of sp³-hybridized carbons (Fsp3) is 0.750. The Morgan fingerprint density at radius 3 is 2.55 bits per heavy atom. The quantitative estimate of drug-likeness (QED) is 0.886. The van der Waals surface area contributed by atoms with E-state index >= 15 is 0 Å². The van der Waals surface area contributed by atoms with Crippen LogP contribution in [-0.4, -0.2) is 23.0 Å². The van der Waals surface area contributed by atoms with Gasteiger partial charge in [-0.05, 0) is 50.9 Å². The first-order chi connectivity index (χ1) is 10.1. The molecule has 6 heteroatoms. The van der Waals surface area contributed by atoms with Crippen LogP contribution in [0.1, 0.15) is 59.4 Å². The topological polar surface area (TPSA) is 68.0 Å². The van der Waals surface area contributed by atoms with Crippen molar-refractivity contribution in [2.75, 3.05) is 0 Å². The number of carbonyl (C=O) groups is 1. The molecule has 1 aromatic heterocycles. The molecule has 0 radical (unpaired) electrons. The van der Waals surface area contributed by atoms with Crippen molar-refractivity contribution in [2.45, 2.75) is 64.5 Å². The Morgan fingerprint density at radius 1 is 1.36 bits per heavy atom. The zero-order chi connectivity index (χ0) is 15.0. The molecule has 1 heterocycles. The van der Waals surface area contributed by atoms with Gasteiger partial charge in [0.1, 0.15) is 4.88 Å². The number of carbonyl (C=O) groups excluding carboxylic acids is 1. The lowest BCUT2D eigenvalue weighted by Crippen LogP contribution is -2.53. The molecule has 124 valence electrons. The summed E-state index contributed by atoms with van der Waals surface area (Å²) in [5.41, 5.74) is 7.02. The SMILES string of the molecule is CCc1nc(C)c(C(=O)NC2C3CCCC2CC(N)C3)s1.Cl. The zero-order valence-electron chi connectivity index (χ0n) is 13.3. The van der Waals surface area contributed by atoms with Gasteiger partial charge in [-0.25, -0.2) is 4.98 Å². The molecular weight excluding hydrogens is 318 g/mol. The zero-order valence-corrected chi connectivity index (χ0v) is 14.9. The summed E-state index contributed by atoms with van der Waals surface area (Å²) < 4.78 is 0. The van der Waals surface area contributed by atoms with Crippen LogP contribution < -0.4 is 11.1 Å². The lowest BCUT2D eigenvalue weighted by atomic mass is 9.67. The standard InChI is InChI=1S/C16H25N3OS.ClH/c1-3-13-18-9(2)15(21-13)16(20)19-14-10-5-4-6-11(14)8-12(17)7-10;/h10-12,14H,3-8,17H2,1-2H3,(H,19,20);1H. The summed E-state index contributed by atoms with van der Waals surface area (Å²) in [5, 5.41) is 4.36. The van der Waals surface area contributed by atoms with Crippen LogP contribution in [0.15, 0.2) is 0 Å². The Kier molecular flexibility index (Phi) is 5.86. The summed E-state index contributed by atoms with van der Waals surface area (Å²) in [4.78, 5) is 17.9. The number of hydrogen-bond acceptors (Lipinski definition) is 4. The molecule has 2 aliphatic rings. The molecule has 0 aromatic carbocycles. The van der Waals surface area contributed by atoms with Gasteiger partial charge in [-0.1, -0.05) is 13.3 Å². The average molecular weight is 344 g/mol. The van der Waals surface area contributed by atoms with Gasteiger partial charge in [-0.2, -0.15) is 0 Å². The van der Waals surface area contributed by atoms with Crippen molar-refractivity contribution in [3.05, 3.63) is 15.6 Å². The molecular formula is C16H26ClN3OS. The Balaban J connectivity index is 0.00000176. The maximum absolute atomic E-state index is 12.6. The molecule has 1 aromatic rings. The second-order valence-electron chi connectivity index (χ2n) is 6.56. The summed E-state index contributed by atoms with van der Waals surface area (Å²) in [6.45, 7) is 4.01. The van der Waals surface area contributed by atoms with Crippen molar-refractivity contribution in [1.29, 1.82) is 0 Å². The normalized spacial score (nSPS) is 30.5. The number of nitrogens with zero attached hydrogens (tertiary/aromatic N) is 1. The Hall–Kier alpha value is -0.650. The number of amides is 1. The highest BCUT2D eigenvalue weighted by molar-refractivity contribution is 7.13. The van der Waals surface area contributed by atoms with Crippen LogP contribution in [0.5, 0.6) is 0 Å². The van der Waals surface area contributed by atoms with Crippen molar-refractivity contribution in [3.8, 4) is 0 Å². The fourth-order valence-corrected chi connectivity index (χ4v) is 4.96. The number of nitrogens with two attached hydrogens (primary N) is 1. The van der Waals surface area contributed by atoms with Crippen LogP contribution in [0, 0.1) is 18.8 Å². The number of nitrogens with one attached hydrogen (secondary N) is 1. The van der Waals surface area contributed by atoms with E-state index in [0.29, 0.717) is 23.9 Å². The summed E-state index contributed by atoms with van der Waals surface area (Å²) in [5.74, 6) is 1.20. The molecule has 3 N–H and O–H groups in total. The van der Waals surface area contributed by atoms with E-state index in [-0.39, 0.29) is 18.3 Å².